The molecule has 0 saturated heterocycles. The van der Waals surface area contributed by atoms with Gasteiger partial charge in [-0.2, -0.15) is 0 Å². The lowest BCUT2D eigenvalue weighted by atomic mass is 10.1. The van der Waals surface area contributed by atoms with Gasteiger partial charge < -0.3 is 19.5 Å². The Kier molecular flexibility index (Phi) is 7.79. The fourth-order valence-electron chi connectivity index (χ4n) is 1.95. The third-order valence-corrected chi connectivity index (χ3v) is 3.21. The van der Waals surface area contributed by atoms with Crippen LogP contribution in [0.4, 0.5) is 0 Å². The molecule has 1 N–H and O–H groups in total. The van der Waals surface area contributed by atoms with Gasteiger partial charge in [0.2, 0.25) is 5.91 Å². The van der Waals surface area contributed by atoms with E-state index in [0.29, 0.717) is 26.3 Å². The van der Waals surface area contributed by atoms with Crippen molar-refractivity contribution in [2.24, 2.45) is 0 Å². The number of benzene rings is 1. The predicted octanol–water partition coefficient (Wildman–Crippen LogP) is 1.54. The van der Waals surface area contributed by atoms with Crippen LogP contribution in [-0.2, 0) is 9.53 Å². The molecule has 5 heteroatoms. The fraction of sp³-hybridized carbons (Fsp3) is 0.562. The Bertz CT molecular complexity index is 448. The van der Waals surface area contributed by atoms with Gasteiger partial charge in [0, 0.05) is 20.2 Å². The van der Waals surface area contributed by atoms with Gasteiger partial charge in [0.25, 0.3) is 0 Å². The summed E-state index contributed by atoms with van der Waals surface area (Å²) in [6, 6.07) is 6.00. The summed E-state index contributed by atoms with van der Waals surface area (Å²) in [4.78, 5) is 13.7. The Morgan fingerprint density at radius 1 is 1.24 bits per heavy atom. The number of methoxy groups -OCH3 is 1. The van der Waals surface area contributed by atoms with Gasteiger partial charge in [0.05, 0.1) is 26.2 Å². The number of rotatable bonds is 9. The van der Waals surface area contributed by atoms with Crippen LogP contribution in [0, 0.1) is 13.8 Å². The number of aliphatic hydroxyl groups is 1. The van der Waals surface area contributed by atoms with Gasteiger partial charge in [0.1, 0.15) is 5.75 Å². The quantitative estimate of drug-likeness (QED) is 0.751. The van der Waals surface area contributed by atoms with Crippen LogP contribution >= 0.6 is 0 Å². The van der Waals surface area contributed by atoms with E-state index in [-0.39, 0.29) is 18.9 Å². The predicted molar refractivity (Wildman–Crippen MR) is 81.6 cm³/mol. The van der Waals surface area contributed by atoms with Gasteiger partial charge in [-0.25, -0.2) is 0 Å². The normalized spacial score (nSPS) is 10.5. The van der Waals surface area contributed by atoms with Crippen LogP contribution in [0.1, 0.15) is 17.5 Å². The minimum absolute atomic E-state index is 0.0357. The summed E-state index contributed by atoms with van der Waals surface area (Å²) in [5.41, 5.74) is 2.18. The highest BCUT2D eigenvalue weighted by molar-refractivity contribution is 5.76. The van der Waals surface area contributed by atoms with Crippen LogP contribution in [-0.4, -0.2) is 55.9 Å². The lowest BCUT2D eigenvalue weighted by Crippen LogP contribution is -2.36. The van der Waals surface area contributed by atoms with E-state index >= 15 is 0 Å². The molecule has 0 radical (unpaired) electrons. The number of aryl methyl sites for hydroxylation is 2. The zero-order valence-corrected chi connectivity index (χ0v) is 13.1. The third-order valence-electron chi connectivity index (χ3n) is 3.21. The van der Waals surface area contributed by atoms with E-state index in [1.807, 2.05) is 32.0 Å². The molecule has 1 aromatic rings. The molecule has 21 heavy (non-hydrogen) atoms. The van der Waals surface area contributed by atoms with Crippen molar-refractivity contribution in [2.45, 2.75) is 20.3 Å². The van der Waals surface area contributed by atoms with Crippen molar-refractivity contribution in [3.63, 3.8) is 0 Å². The molecule has 1 rings (SSSR count). The second kappa shape index (κ2) is 9.37. The molecule has 0 fully saturated rings. The molecule has 1 aromatic carbocycles. The molecule has 0 aromatic heterocycles. The zero-order chi connectivity index (χ0) is 15.7. The molecule has 1 amide bonds. The average Bonchev–Trinajstić information content (AvgIpc) is 2.47. The largest absolute Gasteiger partial charge is 0.493 e. The van der Waals surface area contributed by atoms with Crippen LogP contribution in [0.15, 0.2) is 18.2 Å². The first kappa shape index (κ1) is 17.5. The van der Waals surface area contributed by atoms with Crippen molar-refractivity contribution < 1.29 is 19.4 Å². The summed E-state index contributed by atoms with van der Waals surface area (Å²) < 4.78 is 10.6. The van der Waals surface area contributed by atoms with E-state index in [1.54, 1.807) is 12.0 Å². The van der Waals surface area contributed by atoms with Crippen LogP contribution in [0.5, 0.6) is 5.75 Å². The Hall–Kier alpha value is -1.59. The van der Waals surface area contributed by atoms with Gasteiger partial charge >= 0.3 is 0 Å². The lowest BCUT2D eigenvalue weighted by molar-refractivity contribution is -0.132. The second-order valence-corrected chi connectivity index (χ2v) is 4.96. The maximum absolute atomic E-state index is 12.1. The summed E-state index contributed by atoms with van der Waals surface area (Å²) in [6.07, 6.45) is 0.289. The van der Waals surface area contributed by atoms with Gasteiger partial charge in [0.15, 0.2) is 0 Å². The molecule has 0 atom stereocenters. The molecule has 0 heterocycles. The van der Waals surface area contributed by atoms with Crippen LogP contribution in [0.2, 0.25) is 0 Å². The first-order chi connectivity index (χ1) is 10.1. The molecule has 0 saturated carbocycles. The zero-order valence-electron chi connectivity index (χ0n) is 13.1. The number of hydrogen-bond acceptors (Lipinski definition) is 4. The van der Waals surface area contributed by atoms with E-state index in [9.17, 15) is 4.79 Å². The van der Waals surface area contributed by atoms with E-state index in [2.05, 4.69) is 0 Å². The number of amides is 1. The maximum atomic E-state index is 12.1. The first-order valence-electron chi connectivity index (χ1n) is 7.16. The Morgan fingerprint density at radius 2 is 2.00 bits per heavy atom. The number of hydrogen-bond donors (Lipinski definition) is 1. The van der Waals surface area contributed by atoms with Crippen molar-refractivity contribution in [1.82, 2.24) is 4.90 Å². The Labute approximate surface area is 126 Å². The summed E-state index contributed by atoms with van der Waals surface area (Å²) in [5.74, 6) is 0.778. The van der Waals surface area contributed by atoms with Gasteiger partial charge in [-0.1, -0.05) is 12.1 Å². The highest BCUT2D eigenvalue weighted by Gasteiger charge is 2.13. The van der Waals surface area contributed by atoms with E-state index < -0.39 is 0 Å². The molecule has 0 bridgehead atoms. The molecule has 0 unspecified atom stereocenters. The second-order valence-electron chi connectivity index (χ2n) is 4.96. The maximum Gasteiger partial charge on any atom is 0.226 e. The topological polar surface area (TPSA) is 59.0 Å². The smallest absolute Gasteiger partial charge is 0.226 e. The van der Waals surface area contributed by atoms with Crippen LogP contribution in [0.3, 0.4) is 0 Å². The molecule has 0 aliphatic heterocycles. The average molecular weight is 295 g/mol. The van der Waals surface area contributed by atoms with Gasteiger partial charge in [-0.15, -0.1) is 0 Å². The van der Waals surface area contributed by atoms with Crippen LogP contribution < -0.4 is 4.74 Å². The first-order valence-corrected chi connectivity index (χ1v) is 7.16. The molecule has 0 aliphatic carbocycles. The molecular formula is C16H25NO4. The van der Waals surface area contributed by atoms with Crippen molar-refractivity contribution in [1.29, 1.82) is 0 Å². The Balaban J connectivity index is 2.45. The van der Waals surface area contributed by atoms with E-state index in [4.69, 9.17) is 14.6 Å². The van der Waals surface area contributed by atoms with Gasteiger partial charge in [-0.3, -0.25) is 4.79 Å². The lowest BCUT2D eigenvalue weighted by Gasteiger charge is -2.21. The molecule has 0 aliphatic rings. The van der Waals surface area contributed by atoms with Gasteiger partial charge in [-0.05, 0) is 31.0 Å². The SMILES string of the molecule is COCCN(CCO)C(=O)CCOc1cc(C)ccc1C. The van der Waals surface area contributed by atoms with Crippen molar-refractivity contribution >= 4 is 5.91 Å². The molecular weight excluding hydrogens is 270 g/mol. The standard InChI is InChI=1S/C16H25NO4/c1-13-4-5-14(2)15(12-13)21-10-6-16(19)17(7-9-18)8-11-20-3/h4-5,12,18H,6-11H2,1-3H3. The third kappa shape index (κ3) is 6.14. The summed E-state index contributed by atoms with van der Waals surface area (Å²) in [5, 5.41) is 8.99. The summed E-state index contributed by atoms with van der Waals surface area (Å²) in [7, 11) is 1.59. The number of ether oxygens (including phenoxy) is 2. The highest BCUT2D eigenvalue weighted by atomic mass is 16.5. The molecule has 118 valence electrons. The monoisotopic (exact) mass is 295 g/mol. The highest BCUT2D eigenvalue weighted by Crippen LogP contribution is 2.19. The van der Waals surface area contributed by atoms with Crippen molar-refractivity contribution in [2.75, 3.05) is 40.0 Å². The number of aliphatic hydroxyl groups excluding tert-OH is 1. The molecule has 0 spiro atoms. The van der Waals surface area contributed by atoms with E-state index in [1.165, 1.54) is 0 Å². The molecule has 5 nitrogen and oxygen atoms in total. The number of carbonyl (C=O) groups is 1. The number of nitrogens with zero attached hydrogens (tertiary/aromatic N) is 1. The number of carbonyl (C=O) groups excluding carboxylic acids is 1. The minimum atomic E-state index is -0.0483. The van der Waals surface area contributed by atoms with Crippen LogP contribution in [0.25, 0.3) is 0 Å². The minimum Gasteiger partial charge on any atom is -0.493 e. The van der Waals surface area contributed by atoms with Crippen molar-refractivity contribution in [3.8, 4) is 5.75 Å². The van der Waals surface area contributed by atoms with Crippen molar-refractivity contribution in [3.05, 3.63) is 29.3 Å². The fourth-order valence-corrected chi connectivity index (χ4v) is 1.95. The summed E-state index contributed by atoms with van der Waals surface area (Å²) in [6.45, 7) is 5.54. The Morgan fingerprint density at radius 3 is 2.67 bits per heavy atom. The summed E-state index contributed by atoms with van der Waals surface area (Å²) >= 11 is 0. The van der Waals surface area contributed by atoms with E-state index in [0.717, 1.165) is 16.9 Å².